The molecule has 1 aromatic heterocycles. The quantitative estimate of drug-likeness (QED) is 0.0231. The molecule has 0 radical (unpaired) electrons. The number of aliphatic carboxylic acids is 1. The van der Waals surface area contributed by atoms with E-state index < -0.39 is 102 Å². The first-order valence-corrected chi connectivity index (χ1v) is 23.3. The Bertz CT molecular complexity index is 1970. The largest absolute Gasteiger partial charge is 0.508 e. The fourth-order valence-electron chi connectivity index (χ4n) is 6.63. The molecule has 7 amide bonds. The third kappa shape index (κ3) is 20.3. The van der Waals surface area contributed by atoms with Crippen molar-refractivity contribution in [2.24, 2.45) is 28.3 Å². The minimum atomic E-state index is -1.35. The molecule has 372 valence electrons. The zero-order valence-electron chi connectivity index (χ0n) is 39.2. The number of phenols is 1. The highest BCUT2D eigenvalue weighted by Crippen LogP contribution is 2.15. The molecule has 23 nitrogen and oxygen atoms in total. The van der Waals surface area contributed by atoms with Crippen molar-refractivity contribution in [1.29, 1.82) is 0 Å². The molecule has 1 aromatic carbocycles. The van der Waals surface area contributed by atoms with Crippen LogP contribution in [-0.2, 0) is 51.2 Å². The summed E-state index contributed by atoms with van der Waals surface area (Å²) in [5, 5.41) is 38.3. The Kier molecular flexibility index (Phi) is 24.8. The number of nitrogens with one attached hydrogen (secondary N) is 8. The summed E-state index contributed by atoms with van der Waals surface area (Å²) in [7, 11) is 2.90. The van der Waals surface area contributed by atoms with Crippen molar-refractivity contribution in [3.8, 4) is 5.75 Å². The van der Waals surface area contributed by atoms with Crippen molar-refractivity contribution < 1.29 is 48.6 Å². The van der Waals surface area contributed by atoms with Gasteiger partial charge in [-0.3, -0.25) is 38.6 Å². The summed E-state index contributed by atoms with van der Waals surface area (Å²) in [6.45, 7) is 6.44. The second-order valence-electron chi connectivity index (χ2n) is 16.4. The van der Waals surface area contributed by atoms with Crippen LogP contribution in [0.1, 0.15) is 64.6 Å². The number of phenolic OH excluding ortho intramolecular Hbond substituents is 1. The average molecular weight is 960 g/mol. The van der Waals surface area contributed by atoms with Crippen LogP contribution in [0.4, 0.5) is 0 Å². The molecule has 1 heterocycles. The number of imidazole rings is 1. The van der Waals surface area contributed by atoms with Gasteiger partial charge in [-0.15, -0.1) is 0 Å². The van der Waals surface area contributed by atoms with Gasteiger partial charge < -0.3 is 68.8 Å². The van der Waals surface area contributed by atoms with E-state index in [1.54, 1.807) is 53.1 Å². The van der Waals surface area contributed by atoms with Crippen molar-refractivity contribution in [3.63, 3.8) is 0 Å². The lowest BCUT2D eigenvalue weighted by Crippen LogP contribution is -2.61. The van der Waals surface area contributed by atoms with Gasteiger partial charge >= 0.3 is 5.97 Å². The summed E-state index contributed by atoms with van der Waals surface area (Å²) < 4.78 is 0. The van der Waals surface area contributed by atoms with Crippen LogP contribution in [0.2, 0.25) is 0 Å². The number of rotatable bonds is 30. The maximum Gasteiger partial charge on any atom is 0.326 e. The second-order valence-corrected chi connectivity index (χ2v) is 17.4. The molecule has 24 heteroatoms. The maximum absolute atomic E-state index is 14.4. The molecule has 0 saturated carbocycles. The molecule has 2 rings (SSSR count). The SMILES string of the molecule is CC[C@H](C)[C@H](NC(=O)[C@H](Cc1ccc(O)cc1)NC(=O)[C@@H](NC(=O)[C@H](CCCN=C(N)N)NC(=O)CNC)C(C)C)C(=O)N[C@@H](Cc1cnc[nH]1)C(=O)N(C)CC(=O)N[C@@H](CCSC)C(=O)O. The monoisotopic (exact) mass is 960 g/mol. The first-order valence-electron chi connectivity index (χ1n) is 21.9. The molecule has 0 spiro atoms. The van der Waals surface area contributed by atoms with E-state index in [9.17, 15) is 48.6 Å². The minimum Gasteiger partial charge on any atom is -0.508 e. The van der Waals surface area contributed by atoms with E-state index in [4.69, 9.17) is 11.5 Å². The molecule has 0 aliphatic rings. The molecular formula is C43H69N13O10S. The van der Waals surface area contributed by atoms with Crippen LogP contribution in [0, 0.1) is 11.8 Å². The van der Waals surface area contributed by atoms with Gasteiger partial charge in [-0.05, 0) is 67.9 Å². The molecule has 2 aromatic rings. The van der Waals surface area contributed by atoms with Gasteiger partial charge in [0.1, 0.15) is 42.0 Å². The van der Waals surface area contributed by atoms with E-state index in [-0.39, 0.29) is 50.5 Å². The normalized spacial score (nSPS) is 14.1. The molecule has 0 bridgehead atoms. The van der Waals surface area contributed by atoms with Crippen LogP contribution < -0.4 is 48.7 Å². The molecule has 7 atom stereocenters. The number of aromatic amines is 1. The van der Waals surface area contributed by atoms with Gasteiger partial charge in [0, 0.05) is 38.3 Å². The Labute approximate surface area is 395 Å². The Morgan fingerprint density at radius 2 is 1.42 bits per heavy atom. The fourth-order valence-corrected chi connectivity index (χ4v) is 7.10. The molecule has 0 aliphatic carbocycles. The topological polar surface area (TPSA) is 358 Å². The summed E-state index contributed by atoms with van der Waals surface area (Å²) in [6, 6.07) is -1.45. The number of carboxylic acids is 1. The van der Waals surface area contributed by atoms with Gasteiger partial charge in [0.25, 0.3) is 0 Å². The highest BCUT2D eigenvalue weighted by atomic mass is 32.2. The number of aromatic hydroxyl groups is 1. The van der Waals surface area contributed by atoms with E-state index in [0.29, 0.717) is 29.9 Å². The summed E-state index contributed by atoms with van der Waals surface area (Å²) in [6.07, 6.45) is 5.41. The standard InChI is InChI=1S/C43H69N13O10S/c1-8-25(4)36(40(63)53-32(19-27-20-47-23-49-27)41(64)56(6)22-34(59)51-30(42(65)66)15-17-67-7)55-38(61)31(18-26-11-13-28(57)14-12-26)52-39(62)35(24(2)3)54-37(60)29(50-33(58)21-46-5)10-9-16-48-43(44)45/h11-14,20,23-25,29-32,35-36,46,57H,8-10,15-19,21-22H2,1-7H3,(H,47,49)(H,50,58)(H,51,59)(H,52,62)(H,53,63)(H,54,60)(H,55,61)(H,65,66)(H4,44,45,48)/t25-,29-,30-,31-,32-,35-,36-/m0/s1. The third-order valence-electron chi connectivity index (χ3n) is 10.6. The number of thioether (sulfide) groups is 1. The molecule has 67 heavy (non-hydrogen) atoms. The first-order chi connectivity index (χ1) is 31.7. The van der Waals surface area contributed by atoms with Gasteiger partial charge in [-0.1, -0.05) is 46.2 Å². The maximum atomic E-state index is 14.4. The summed E-state index contributed by atoms with van der Waals surface area (Å²) >= 11 is 1.41. The van der Waals surface area contributed by atoms with Crippen LogP contribution in [0.3, 0.4) is 0 Å². The number of hydrogen-bond donors (Lipinski definition) is 12. The summed E-state index contributed by atoms with van der Waals surface area (Å²) in [4.78, 5) is 119. The highest BCUT2D eigenvalue weighted by molar-refractivity contribution is 7.98. The number of guanidine groups is 1. The first kappa shape index (κ1) is 56.7. The van der Waals surface area contributed by atoms with Crippen LogP contribution in [0.15, 0.2) is 41.8 Å². The van der Waals surface area contributed by atoms with Crippen LogP contribution in [0.5, 0.6) is 5.75 Å². The van der Waals surface area contributed by atoms with Crippen molar-refractivity contribution in [3.05, 3.63) is 48.0 Å². The highest BCUT2D eigenvalue weighted by Gasteiger charge is 2.36. The fraction of sp³-hybridized carbons (Fsp3) is 0.581. The molecule has 0 fully saturated rings. The smallest absolute Gasteiger partial charge is 0.326 e. The third-order valence-corrected chi connectivity index (χ3v) is 11.2. The number of nitrogens with zero attached hydrogens (tertiary/aromatic N) is 3. The molecule has 0 saturated heterocycles. The van der Waals surface area contributed by atoms with Crippen molar-refractivity contribution in [2.45, 2.75) is 102 Å². The number of aromatic nitrogens is 2. The number of carbonyl (C=O) groups excluding carboxylic acids is 7. The van der Waals surface area contributed by atoms with Gasteiger partial charge in [0.15, 0.2) is 5.96 Å². The van der Waals surface area contributed by atoms with Gasteiger partial charge in [-0.25, -0.2) is 9.78 Å². The lowest BCUT2D eigenvalue weighted by atomic mass is 9.96. The minimum absolute atomic E-state index is 0.0411. The number of H-pyrrole nitrogens is 1. The van der Waals surface area contributed by atoms with Crippen molar-refractivity contribution >= 4 is 65.0 Å². The predicted molar refractivity (Wildman–Crippen MR) is 252 cm³/mol. The van der Waals surface area contributed by atoms with E-state index in [1.165, 1.54) is 43.5 Å². The van der Waals surface area contributed by atoms with E-state index in [0.717, 1.165) is 4.90 Å². The van der Waals surface area contributed by atoms with Crippen LogP contribution in [-0.4, -0.2) is 160 Å². The zero-order chi connectivity index (χ0) is 50.2. The predicted octanol–water partition coefficient (Wildman–Crippen LogP) is -1.92. The second kappa shape index (κ2) is 29.3. The molecule has 14 N–H and O–H groups in total. The number of aliphatic imine (C=N–C) groups is 1. The van der Waals surface area contributed by atoms with E-state index in [1.807, 2.05) is 0 Å². The average Bonchev–Trinajstić information content (AvgIpc) is 3.79. The summed E-state index contributed by atoms with van der Waals surface area (Å²) in [5.74, 6) is -6.83. The van der Waals surface area contributed by atoms with Gasteiger partial charge in [0.05, 0.1) is 19.4 Å². The Balaban J connectivity index is 2.42. The number of benzene rings is 1. The molecular weight excluding hydrogens is 891 g/mol. The zero-order valence-corrected chi connectivity index (χ0v) is 40.0. The van der Waals surface area contributed by atoms with Crippen LogP contribution in [0.25, 0.3) is 0 Å². The van der Waals surface area contributed by atoms with E-state index in [2.05, 4.69) is 52.2 Å². The van der Waals surface area contributed by atoms with Gasteiger partial charge in [-0.2, -0.15) is 11.8 Å². The van der Waals surface area contributed by atoms with Crippen LogP contribution >= 0.6 is 11.8 Å². The molecule has 0 aliphatic heterocycles. The number of carboxylic acid groups (broad SMARTS) is 1. The lowest BCUT2D eigenvalue weighted by Gasteiger charge is -2.30. The Hall–Kier alpha value is -6.43. The van der Waals surface area contributed by atoms with E-state index >= 15 is 0 Å². The number of nitrogens with two attached hydrogens (primary N) is 2. The Morgan fingerprint density at radius 1 is 0.806 bits per heavy atom. The summed E-state index contributed by atoms with van der Waals surface area (Å²) in [5.41, 5.74) is 11.8. The van der Waals surface area contributed by atoms with Gasteiger partial charge in [0.2, 0.25) is 41.4 Å². The number of carbonyl (C=O) groups is 8. The van der Waals surface area contributed by atoms with Crippen molar-refractivity contribution in [1.82, 2.24) is 52.1 Å². The molecule has 0 unspecified atom stereocenters. The number of amides is 7. The number of hydrogen-bond acceptors (Lipinski definition) is 13. The van der Waals surface area contributed by atoms with Crippen molar-refractivity contribution in [2.75, 3.05) is 45.7 Å². The lowest BCUT2D eigenvalue weighted by molar-refractivity contribution is -0.143. The number of likely N-dealkylation sites (N-methyl/N-ethyl adjacent to an activating group) is 2. The Morgan fingerprint density at radius 3 is 1.99 bits per heavy atom.